The molecule has 0 radical (unpaired) electrons. The average Bonchev–Trinajstić information content (AvgIpc) is 3.06. The summed E-state index contributed by atoms with van der Waals surface area (Å²) >= 11 is 0. The molecule has 47 heavy (non-hydrogen) atoms. The number of carbonyl (C=O) groups excluding carboxylic acids is 4. The molecule has 2 aromatic heterocycles. The highest BCUT2D eigenvalue weighted by Crippen LogP contribution is 2.41. The summed E-state index contributed by atoms with van der Waals surface area (Å²) in [7, 11) is 4.77. The molecule has 0 saturated carbocycles. The lowest BCUT2D eigenvalue weighted by atomic mass is 9.91. The van der Waals surface area contributed by atoms with Gasteiger partial charge in [-0.05, 0) is 44.7 Å². The van der Waals surface area contributed by atoms with Gasteiger partial charge in [-0.25, -0.2) is 19.2 Å². The molecule has 0 aliphatic heterocycles. The van der Waals surface area contributed by atoms with E-state index in [1.165, 1.54) is 40.6 Å². The van der Waals surface area contributed by atoms with E-state index in [-0.39, 0.29) is 78.7 Å². The number of nitrogens with zero attached hydrogens (tertiary/aromatic N) is 4. The van der Waals surface area contributed by atoms with Crippen LogP contribution in [0.4, 0.5) is 11.4 Å². The number of esters is 4. The van der Waals surface area contributed by atoms with Crippen LogP contribution >= 0.6 is 0 Å². The van der Waals surface area contributed by atoms with E-state index in [2.05, 4.69) is 15.1 Å². The first-order valence-electron chi connectivity index (χ1n) is 14.1. The van der Waals surface area contributed by atoms with Crippen molar-refractivity contribution in [2.75, 3.05) is 28.4 Å². The zero-order valence-corrected chi connectivity index (χ0v) is 27.1. The second kappa shape index (κ2) is 14.0. The molecule has 13 nitrogen and oxygen atoms in total. The Balaban J connectivity index is 2.08. The number of azo groups is 1. The number of hydrogen-bond acceptors (Lipinski definition) is 12. The second-order valence-corrected chi connectivity index (χ2v) is 10.2. The maximum atomic E-state index is 14.1. The fourth-order valence-corrected chi connectivity index (χ4v) is 5.42. The Morgan fingerprint density at radius 1 is 0.574 bits per heavy atom. The van der Waals surface area contributed by atoms with E-state index < -0.39 is 23.9 Å². The summed E-state index contributed by atoms with van der Waals surface area (Å²) < 4.78 is 20.1. The standard InChI is InChI=1S/C34H32N4O9/c1-17-25(31(39)44-5)29(26(18(2)35-17)32(40)45-6)21-13-9-11-15-23(21)37-38(43)24-16-12-10-14-22(24)30-27(33(41)46-7)19(3)36-20(4)28(30)34(42)47-8/h9-16H,1-8H3. The molecule has 0 unspecified atom stereocenters. The molecule has 0 spiro atoms. The number of aryl methyl sites for hydroxylation is 4. The molecule has 0 fully saturated rings. The van der Waals surface area contributed by atoms with Crippen molar-refractivity contribution in [1.82, 2.24) is 9.97 Å². The lowest BCUT2D eigenvalue weighted by Gasteiger charge is -2.18. The molecule has 4 rings (SSSR count). The smallest absolute Gasteiger partial charge is 0.340 e. The summed E-state index contributed by atoms with van der Waals surface area (Å²) in [5, 5.41) is 18.4. The second-order valence-electron chi connectivity index (χ2n) is 10.2. The van der Waals surface area contributed by atoms with E-state index >= 15 is 0 Å². The van der Waals surface area contributed by atoms with Gasteiger partial charge in [-0.1, -0.05) is 30.3 Å². The molecule has 0 atom stereocenters. The third-order valence-corrected chi connectivity index (χ3v) is 7.43. The molecule has 0 aliphatic rings. The Kier molecular flexibility index (Phi) is 10.1. The summed E-state index contributed by atoms with van der Waals surface area (Å²) in [6.45, 7) is 6.35. The van der Waals surface area contributed by atoms with Crippen molar-refractivity contribution in [3.63, 3.8) is 0 Å². The van der Waals surface area contributed by atoms with E-state index in [9.17, 15) is 24.4 Å². The molecular weight excluding hydrogens is 608 g/mol. The van der Waals surface area contributed by atoms with Gasteiger partial charge in [-0.15, -0.1) is 0 Å². The summed E-state index contributed by atoms with van der Waals surface area (Å²) in [6, 6.07) is 12.6. The van der Waals surface area contributed by atoms with E-state index in [1.807, 2.05) is 0 Å². The zero-order valence-electron chi connectivity index (χ0n) is 27.1. The van der Waals surface area contributed by atoms with Gasteiger partial charge < -0.3 is 24.2 Å². The molecule has 0 aliphatic carbocycles. The van der Waals surface area contributed by atoms with Gasteiger partial charge in [-0.3, -0.25) is 9.97 Å². The highest BCUT2D eigenvalue weighted by atomic mass is 16.5. The van der Waals surface area contributed by atoms with Crippen LogP contribution in [0.1, 0.15) is 64.2 Å². The highest BCUT2D eigenvalue weighted by molar-refractivity contribution is 6.09. The predicted molar refractivity (Wildman–Crippen MR) is 169 cm³/mol. The zero-order chi connectivity index (χ0) is 34.6. The minimum absolute atomic E-state index is 0.00725. The number of aromatic nitrogens is 2. The quantitative estimate of drug-likeness (QED) is 0.0715. The number of benzene rings is 2. The van der Waals surface area contributed by atoms with Gasteiger partial charge in [0.05, 0.1) is 79.0 Å². The number of carbonyl (C=O) groups is 4. The summed E-state index contributed by atoms with van der Waals surface area (Å²) in [6.07, 6.45) is 0. The Morgan fingerprint density at radius 2 is 0.915 bits per heavy atom. The SMILES string of the molecule is COC(=O)c1c(C)nc(C)c(C(=O)OC)c1-c1ccccc1N=[N+]([O-])c1ccccc1-c1c(C(=O)OC)c(C)nc(C)c1C(=O)OC. The molecule has 242 valence electrons. The van der Waals surface area contributed by atoms with Gasteiger partial charge in [0.15, 0.2) is 0 Å². The van der Waals surface area contributed by atoms with Gasteiger partial charge >= 0.3 is 23.9 Å². The van der Waals surface area contributed by atoms with Crippen LogP contribution in [0.5, 0.6) is 0 Å². The molecule has 0 bridgehead atoms. The number of pyridine rings is 2. The van der Waals surface area contributed by atoms with Crippen molar-refractivity contribution in [2.24, 2.45) is 5.11 Å². The normalized spacial score (nSPS) is 11.1. The Morgan fingerprint density at radius 3 is 1.32 bits per heavy atom. The van der Waals surface area contributed by atoms with Crippen molar-refractivity contribution in [1.29, 1.82) is 0 Å². The predicted octanol–water partition coefficient (Wildman–Crippen LogP) is 6.12. The van der Waals surface area contributed by atoms with Gasteiger partial charge in [0.1, 0.15) is 5.69 Å². The number of rotatable bonds is 8. The van der Waals surface area contributed by atoms with Gasteiger partial charge in [-0.2, -0.15) is 0 Å². The monoisotopic (exact) mass is 640 g/mol. The Hall–Kier alpha value is -5.98. The molecule has 2 aromatic carbocycles. The first kappa shape index (κ1) is 33.9. The lowest BCUT2D eigenvalue weighted by molar-refractivity contribution is -0.434. The van der Waals surface area contributed by atoms with Crippen LogP contribution in [0.25, 0.3) is 22.3 Å². The molecule has 0 saturated heterocycles. The molecular formula is C34H32N4O9. The number of methoxy groups -OCH3 is 4. The minimum Gasteiger partial charge on any atom is -0.594 e. The van der Waals surface area contributed by atoms with Crippen molar-refractivity contribution < 1.29 is 43.0 Å². The largest absolute Gasteiger partial charge is 0.594 e. The third-order valence-electron chi connectivity index (χ3n) is 7.43. The van der Waals surface area contributed by atoms with Crippen molar-refractivity contribution in [3.8, 4) is 22.3 Å². The van der Waals surface area contributed by atoms with Crippen molar-refractivity contribution in [2.45, 2.75) is 27.7 Å². The minimum atomic E-state index is -0.779. The molecule has 4 aromatic rings. The average molecular weight is 641 g/mol. The van der Waals surface area contributed by atoms with Crippen LogP contribution in [-0.4, -0.2) is 67.1 Å². The van der Waals surface area contributed by atoms with Gasteiger partial charge in [0.2, 0.25) is 0 Å². The van der Waals surface area contributed by atoms with Crippen LogP contribution in [0.15, 0.2) is 53.6 Å². The van der Waals surface area contributed by atoms with Gasteiger partial charge in [0.25, 0.3) is 5.69 Å². The molecule has 0 N–H and O–H groups in total. The molecule has 2 heterocycles. The fraction of sp³-hybridized carbons (Fsp3) is 0.235. The Bertz CT molecular complexity index is 1890. The summed E-state index contributed by atoms with van der Waals surface area (Å²) in [5.74, 6) is -3.08. The van der Waals surface area contributed by atoms with Crippen LogP contribution in [0.3, 0.4) is 0 Å². The fourth-order valence-electron chi connectivity index (χ4n) is 5.42. The highest BCUT2D eigenvalue weighted by Gasteiger charge is 2.32. The number of hydrogen-bond donors (Lipinski definition) is 0. The number of ether oxygens (including phenoxy) is 4. The maximum Gasteiger partial charge on any atom is 0.340 e. The first-order chi connectivity index (χ1) is 22.4. The van der Waals surface area contributed by atoms with Crippen LogP contribution in [0, 0.1) is 32.9 Å². The van der Waals surface area contributed by atoms with E-state index in [0.717, 1.165) is 0 Å². The van der Waals surface area contributed by atoms with E-state index in [4.69, 9.17) is 18.9 Å². The van der Waals surface area contributed by atoms with Gasteiger partial charge in [0, 0.05) is 27.9 Å². The van der Waals surface area contributed by atoms with Crippen molar-refractivity contribution in [3.05, 3.63) is 98.8 Å². The van der Waals surface area contributed by atoms with E-state index in [1.54, 1.807) is 64.1 Å². The first-order valence-corrected chi connectivity index (χ1v) is 14.1. The van der Waals surface area contributed by atoms with Crippen molar-refractivity contribution >= 4 is 35.3 Å². The summed E-state index contributed by atoms with van der Waals surface area (Å²) in [4.78, 5) is 61.2. The lowest BCUT2D eigenvalue weighted by Crippen LogP contribution is -2.16. The maximum absolute atomic E-state index is 14.1. The molecule has 13 heteroatoms. The molecule has 0 amide bonds. The van der Waals surface area contributed by atoms with Crippen LogP contribution in [0.2, 0.25) is 0 Å². The van der Waals surface area contributed by atoms with E-state index in [0.29, 0.717) is 4.86 Å². The topological polar surface area (TPSA) is 169 Å². The number of para-hydroxylation sites is 1. The third kappa shape index (κ3) is 6.27. The van der Waals surface area contributed by atoms with Crippen LogP contribution in [-0.2, 0) is 18.9 Å². The Labute approximate surface area is 270 Å². The summed E-state index contributed by atoms with van der Waals surface area (Å²) in [5.41, 5.74) is 1.63. The van der Waals surface area contributed by atoms with Crippen LogP contribution < -0.4 is 0 Å².